The quantitative estimate of drug-likeness (QED) is 0.775. The Bertz CT molecular complexity index is 584. The molecule has 0 aromatic carbocycles. The van der Waals surface area contributed by atoms with Gasteiger partial charge in [0.1, 0.15) is 5.56 Å². The van der Waals surface area contributed by atoms with Crippen molar-refractivity contribution in [3.63, 3.8) is 0 Å². The summed E-state index contributed by atoms with van der Waals surface area (Å²) in [6, 6.07) is 0. The second-order valence-corrected chi connectivity index (χ2v) is 5.26. The standard InChI is InChI=1S/C14H19N3O6/c1-8-11(12(15)23-16-8)14(20)22-7-10(18)17-5-3-9(4-6-17)13(19)21-2/h9H,3-7,15H2,1-2H3. The van der Waals surface area contributed by atoms with Crippen molar-refractivity contribution in [3.8, 4) is 0 Å². The van der Waals surface area contributed by atoms with Crippen molar-refractivity contribution in [1.29, 1.82) is 0 Å². The molecule has 0 saturated carbocycles. The molecule has 0 aliphatic carbocycles. The Morgan fingerprint density at radius 3 is 2.52 bits per heavy atom. The Hall–Kier alpha value is -2.58. The van der Waals surface area contributed by atoms with E-state index in [9.17, 15) is 14.4 Å². The molecule has 126 valence electrons. The van der Waals surface area contributed by atoms with Crippen molar-refractivity contribution >= 4 is 23.7 Å². The topological polar surface area (TPSA) is 125 Å². The van der Waals surface area contributed by atoms with Gasteiger partial charge >= 0.3 is 11.9 Å². The van der Waals surface area contributed by atoms with Crippen molar-refractivity contribution in [2.24, 2.45) is 5.92 Å². The Kier molecular flexibility index (Phi) is 5.20. The molecule has 1 fully saturated rings. The average Bonchev–Trinajstić information content (AvgIpc) is 2.90. The minimum atomic E-state index is -0.751. The predicted octanol–water partition coefficient (Wildman–Crippen LogP) is 0.134. The number of hydrogen-bond acceptors (Lipinski definition) is 8. The normalized spacial score (nSPS) is 15.3. The van der Waals surface area contributed by atoms with Gasteiger partial charge in [-0.2, -0.15) is 0 Å². The summed E-state index contributed by atoms with van der Waals surface area (Å²) in [4.78, 5) is 36.9. The predicted molar refractivity (Wildman–Crippen MR) is 77.3 cm³/mol. The van der Waals surface area contributed by atoms with E-state index in [-0.39, 0.29) is 29.2 Å². The number of nitrogens with zero attached hydrogens (tertiary/aromatic N) is 2. The number of piperidine rings is 1. The van der Waals surface area contributed by atoms with Gasteiger partial charge in [0.05, 0.1) is 18.7 Å². The average molecular weight is 325 g/mol. The molecule has 2 heterocycles. The smallest absolute Gasteiger partial charge is 0.346 e. The molecule has 2 N–H and O–H groups in total. The number of aryl methyl sites for hydroxylation is 1. The number of nitrogen functional groups attached to an aromatic ring is 1. The fourth-order valence-corrected chi connectivity index (χ4v) is 2.46. The molecule has 1 aromatic rings. The zero-order valence-corrected chi connectivity index (χ0v) is 13.0. The number of rotatable bonds is 4. The van der Waals surface area contributed by atoms with E-state index >= 15 is 0 Å². The van der Waals surface area contributed by atoms with E-state index < -0.39 is 12.6 Å². The molecule has 1 aliphatic rings. The van der Waals surface area contributed by atoms with Crippen LogP contribution in [0.5, 0.6) is 0 Å². The summed E-state index contributed by atoms with van der Waals surface area (Å²) >= 11 is 0. The molecule has 0 radical (unpaired) electrons. The zero-order valence-electron chi connectivity index (χ0n) is 13.0. The molecule has 9 nitrogen and oxygen atoms in total. The third-order valence-electron chi connectivity index (χ3n) is 3.80. The van der Waals surface area contributed by atoms with E-state index in [4.69, 9.17) is 10.5 Å². The summed E-state index contributed by atoms with van der Waals surface area (Å²) in [6.07, 6.45) is 1.06. The lowest BCUT2D eigenvalue weighted by atomic mass is 9.97. The van der Waals surface area contributed by atoms with Gasteiger partial charge in [0.2, 0.25) is 5.88 Å². The van der Waals surface area contributed by atoms with Crippen LogP contribution in [-0.4, -0.2) is 54.7 Å². The molecule has 0 bridgehead atoms. The number of nitrogens with two attached hydrogens (primary N) is 1. The van der Waals surface area contributed by atoms with Crippen molar-refractivity contribution in [3.05, 3.63) is 11.3 Å². The number of amides is 1. The highest BCUT2D eigenvalue weighted by atomic mass is 16.5. The molecule has 23 heavy (non-hydrogen) atoms. The second-order valence-electron chi connectivity index (χ2n) is 5.26. The van der Waals surface area contributed by atoms with Gasteiger partial charge in [-0.05, 0) is 19.8 Å². The summed E-state index contributed by atoms with van der Waals surface area (Å²) in [5.41, 5.74) is 5.81. The molecule has 9 heteroatoms. The molecule has 0 atom stereocenters. The molecule has 1 amide bonds. The molecule has 0 spiro atoms. The number of esters is 2. The summed E-state index contributed by atoms with van der Waals surface area (Å²) in [5, 5.41) is 3.55. The van der Waals surface area contributed by atoms with Crippen LogP contribution in [0.2, 0.25) is 0 Å². The van der Waals surface area contributed by atoms with Gasteiger partial charge in [-0.3, -0.25) is 9.59 Å². The Morgan fingerprint density at radius 1 is 1.35 bits per heavy atom. The van der Waals surface area contributed by atoms with Crippen LogP contribution in [0.15, 0.2) is 4.52 Å². The summed E-state index contributed by atoms with van der Waals surface area (Å²) in [5.74, 6) is -1.67. The highest BCUT2D eigenvalue weighted by molar-refractivity contribution is 5.96. The van der Waals surface area contributed by atoms with Gasteiger partial charge in [0.15, 0.2) is 6.61 Å². The van der Waals surface area contributed by atoms with Crippen molar-refractivity contribution in [1.82, 2.24) is 10.1 Å². The SMILES string of the molecule is COC(=O)C1CCN(C(=O)COC(=O)c2c(C)noc2N)CC1. The maximum Gasteiger partial charge on any atom is 0.346 e. The second kappa shape index (κ2) is 7.12. The first-order valence-electron chi connectivity index (χ1n) is 7.18. The Morgan fingerprint density at radius 2 is 2.00 bits per heavy atom. The molecule has 1 aromatic heterocycles. The van der Waals surface area contributed by atoms with Crippen LogP contribution < -0.4 is 5.73 Å². The van der Waals surface area contributed by atoms with Crippen LogP contribution in [0.25, 0.3) is 0 Å². The third-order valence-corrected chi connectivity index (χ3v) is 3.80. The Labute approximate surface area is 132 Å². The maximum absolute atomic E-state index is 12.1. The van der Waals surface area contributed by atoms with Crippen molar-refractivity contribution < 1.29 is 28.4 Å². The minimum Gasteiger partial charge on any atom is -0.469 e. The lowest BCUT2D eigenvalue weighted by Gasteiger charge is -2.30. The highest BCUT2D eigenvalue weighted by Gasteiger charge is 2.28. The zero-order chi connectivity index (χ0) is 17.0. The minimum absolute atomic E-state index is 0.0298. The molecular weight excluding hydrogens is 306 g/mol. The van der Waals surface area contributed by atoms with Gasteiger partial charge in [-0.25, -0.2) is 4.79 Å². The van der Waals surface area contributed by atoms with E-state index in [1.165, 1.54) is 7.11 Å². The van der Waals surface area contributed by atoms with Crippen molar-refractivity contribution in [2.45, 2.75) is 19.8 Å². The first-order valence-corrected chi connectivity index (χ1v) is 7.18. The van der Waals surface area contributed by atoms with E-state index in [2.05, 4.69) is 14.4 Å². The number of ether oxygens (including phenoxy) is 2. The van der Waals surface area contributed by atoms with Crippen LogP contribution in [-0.2, 0) is 19.1 Å². The van der Waals surface area contributed by atoms with Crippen LogP contribution in [0.4, 0.5) is 5.88 Å². The van der Waals surface area contributed by atoms with Gasteiger partial charge < -0.3 is 24.6 Å². The number of anilines is 1. The van der Waals surface area contributed by atoms with Gasteiger partial charge in [-0.15, -0.1) is 0 Å². The maximum atomic E-state index is 12.1. The van der Waals surface area contributed by atoms with Crippen molar-refractivity contribution in [2.75, 3.05) is 32.5 Å². The summed E-state index contributed by atoms with van der Waals surface area (Å²) in [6.45, 7) is 2.00. The number of likely N-dealkylation sites (tertiary alicyclic amines) is 1. The Balaban J connectivity index is 1.82. The number of aromatic nitrogens is 1. The number of methoxy groups -OCH3 is 1. The molecule has 1 aliphatic heterocycles. The van der Waals surface area contributed by atoms with E-state index in [0.29, 0.717) is 31.6 Å². The fourth-order valence-electron chi connectivity index (χ4n) is 2.46. The van der Waals surface area contributed by atoms with Crippen LogP contribution in [0, 0.1) is 12.8 Å². The molecule has 0 unspecified atom stereocenters. The highest BCUT2D eigenvalue weighted by Crippen LogP contribution is 2.19. The number of carbonyl (C=O) groups is 3. The summed E-state index contributed by atoms with van der Waals surface area (Å²) in [7, 11) is 1.34. The lowest BCUT2D eigenvalue weighted by Crippen LogP contribution is -2.42. The molecular formula is C14H19N3O6. The largest absolute Gasteiger partial charge is 0.469 e. The van der Waals surface area contributed by atoms with E-state index in [1.807, 2.05) is 0 Å². The molecule has 1 saturated heterocycles. The van der Waals surface area contributed by atoms with Gasteiger partial charge in [0, 0.05) is 13.1 Å². The van der Waals surface area contributed by atoms with E-state index in [0.717, 1.165) is 0 Å². The van der Waals surface area contributed by atoms with Gasteiger partial charge in [-0.1, -0.05) is 5.16 Å². The van der Waals surface area contributed by atoms with Crippen LogP contribution in [0.3, 0.4) is 0 Å². The first kappa shape index (κ1) is 16.8. The molecule has 2 rings (SSSR count). The first-order chi connectivity index (χ1) is 10.9. The number of hydrogen-bond donors (Lipinski definition) is 1. The van der Waals surface area contributed by atoms with Crippen LogP contribution in [0.1, 0.15) is 28.9 Å². The van der Waals surface area contributed by atoms with Gasteiger partial charge in [0.25, 0.3) is 5.91 Å². The lowest BCUT2D eigenvalue weighted by molar-refractivity contribution is -0.149. The number of carbonyl (C=O) groups excluding carboxylic acids is 3. The third kappa shape index (κ3) is 3.79. The summed E-state index contributed by atoms with van der Waals surface area (Å²) < 4.78 is 14.3. The fraction of sp³-hybridized carbons (Fsp3) is 0.571. The monoisotopic (exact) mass is 325 g/mol. The van der Waals surface area contributed by atoms with Crippen LogP contribution >= 0.6 is 0 Å². The van der Waals surface area contributed by atoms with E-state index in [1.54, 1.807) is 11.8 Å².